The number of aryl methyl sites for hydroxylation is 1. The molecule has 3 nitrogen and oxygen atoms in total. The summed E-state index contributed by atoms with van der Waals surface area (Å²) < 4.78 is 11.9. The molecule has 1 amide bonds. The minimum Gasteiger partial charge on any atom is -0.352 e. The standard InChI is InChI=1S/C20H31NO2S/c1-2-3-4-5-6-7-11-14-20(22)21-16-18-24(23)17-15-19-12-9-8-10-13-19/h8-14H,2-7,15-18H2,1H3,(H,21,22). The third-order valence-corrected chi connectivity index (χ3v) is 5.15. The van der Waals surface area contributed by atoms with Crippen LogP contribution in [-0.4, -0.2) is 28.2 Å². The van der Waals surface area contributed by atoms with Crippen LogP contribution in [0.4, 0.5) is 0 Å². The van der Waals surface area contributed by atoms with Crippen LogP contribution in [0.15, 0.2) is 42.5 Å². The highest BCUT2D eigenvalue weighted by molar-refractivity contribution is 7.85. The second-order valence-electron chi connectivity index (χ2n) is 5.98. The number of carbonyl (C=O) groups excluding carboxylic acids is 1. The first-order chi connectivity index (χ1) is 11.7. The van der Waals surface area contributed by atoms with Gasteiger partial charge in [0.2, 0.25) is 5.91 Å². The van der Waals surface area contributed by atoms with Crippen molar-refractivity contribution in [3.8, 4) is 0 Å². The fraction of sp³-hybridized carbons (Fsp3) is 0.550. The SMILES string of the molecule is CCCCCCCC=CC(=O)NCCS(=O)CCc1ccccc1. The summed E-state index contributed by atoms with van der Waals surface area (Å²) in [5, 5.41) is 2.80. The van der Waals surface area contributed by atoms with E-state index >= 15 is 0 Å². The number of rotatable bonds is 13. The number of allylic oxidation sites excluding steroid dienone is 1. The van der Waals surface area contributed by atoms with Gasteiger partial charge in [0.25, 0.3) is 0 Å². The van der Waals surface area contributed by atoms with E-state index in [1.807, 2.05) is 36.4 Å². The Labute approximate surface area is 149 Å². The second-order valence-corrected chi connectivity index (χ2v) is 7.68. The Balaban J connectivity index is 2.02. The van der Waals surface area contributed by atoms with Crippen LogP contribution in [0.25, 0.3) is 0 Å². The quantitative estimate of drug-likeness (QED) is 0.432. The monoisotopic (exact) mass is 349 g/mol. The Hall–Kier alpha value is -1.42. The van der Waals surface area contributed by atoms with Gasteiger partial charge in [-0.1, -0.05) is 69.0 Å². The van der Waals surface area contributed by atoms with E-state index in [2.05, 4.69) is 12.2 Å². The first-order valence-electron chi connectivity index (χ1n) is 9.05. The van der Waals surface area contributed by atoms with Crippen molar-refractivity contribution in [2.24, 2.45) is 0 Å². The first-order valence-corrected chi connectivity index (χ1v) is 10.5. The third kappa shape index (κ3) is 11.2. The van der Waals surface area contributed by atoms with E-state index in [4.69, 9.17) is 0 Å². The van der Waals surface area contributed by atoms with Crippen LogP contribution < -0.4 is 5.32 Å². The summed E-state index contributed by atoms with van der Waals surface area (Å²) in [7, 11) is -0.888. The molecule has 0 aromatic heterocycles. The zero-order valence-corrected chi connectivity index (χ0v) is 15.7. The van der Waals surface area contributed by atoms with Gasteiger partial charge in [0.15, 0.2) is 0 Å². The number of benzene rings is 1. The highest BCUT2D eigenvalue weighted by atomic mass is 32.2. The minimum absolute atomic E-state index is 0.0800. The molecule has 1 atom stereocenters. The lowest BCUT2D eigenvalue weighted by Crippen LogP contribution is -2.26. The van der Waals surface area contributed by atoms with Gasteiger partial charge in [-0.25, -0.2) is 0 Å². The Morgan fingerprint density at radius 1 is 1.08 bits per heavy atom. The number of hydrogen-bond acceptors (Lipinski definition) is 2. The fourth-order valence-corrected chi connectivity index (χ4v) is 3.38. The Morgan fingerprint density at radius 3 is 2.58 bits per heavy atom. The van der Waals surface area contributed by atoms with Crippen molar-refractivity contribution in [2.75, 3.05) is 18.1 Å². The van der Waals surface area contributed by atoms with Gasteiger partial charge < -0.3 is 5.32 Å². The maximum Gasteiger partial charge on any atom is 0.243 e. The molecule has 4 heteroatoms. The smallest absolute Gasteiger partial charge is 0.243 e. The molecule has 0 saturated heterocycles. The van der Waals surface area contributed by atoms with Gasteiger partial charge in [0.05, 0.1) is 0 Å². The summed E-state index contributed by atoms with van der Waals surface area (Å²) in [6.45, 7) is 2.68. The summed E-state index contributed by atoms with van der Waals surface area (Å²) in [4.78, 5) is 11.6. The zero-order valence-electron chi connectivity index (χ0n) is 14.8. The molecule has 1 unspecified atom stereocenters. The summed E-state index contributed by atoms with van der Waals surface area (Å²) >= 11 is 0. The van der Waals surface area contributed by atoms with Crippen LogP contribution in [0, 0.1) is 0 Å². The average Bonchev–Trinajstić information content (AvgIpc) is 2.60. The van der Waals surface area contributed by atoms with Gasteiger partial charge in [0, 0.05) is 28.9 Å². The maximum atomic E-state index is 11.9. The van der Waals surface area contributed by atoms with E-state index in [1.54, 1.807) is 6.08 Å². The van der Waals surface area contributed by atoms with Crippen molar-refractivity contribution >= 4 is 16.7 Å². The zero-order chi connectivity index (χ0) is 17.5. The number of amides is 1. The van der Waals surface area contributed by atoms with Crippen molar-refractivity contribution < 1.29 is 9.00 Å². The van der Waals surface area contributed by atoms with Gasteiger partial charge in [-0.05, 0) is 30.9 Å². The number of nitrogens with one attached hydrogen (secondary N) is 1. The van der Waals surface area contributed by atoms with Crippen LogP contribution in [0.3, 0.4) is 0 Å². The molecular weight excluding hydrogens is 318 g/mol. The molecule has 0 aliphatic carbocycles. The van der Waals surface area contributed by atoms with E-state index in [0.29, 0.717) is 18.1 Å². The topological polar surface area (TPSA) is 46.2 Å². The van der Waals surface area contributed by atoms with E-state index in [1.165, 1.54) is 31.2 Å². The summed E-state index contributed by atoms with van der Waals surface area (Å²) in [6.07, 6.45) is 11.5. The molecule has 1 N–H and O–H groups in total. The highest BCUT2D eigenvalue weighted by Crippen LogP contribution is 2.05. The second kappa shape index (κ2) is 14.0. The van der Waals surface area contributed by atoms with Gasteiger partial charge >= 0.3 is 0 Å². The molecule has 0 heterocycles. The number of unbranched alkanes of at least 4 members (excludes halogenated alkanes) is 5. The highest BCUT2D eigenvalue weighted by Gasteiger charge is 2.02. The Morgan fingerprint density at radius 2 is 1.83 bits per heavy atom. The summed E-state index contributed by atoms with van der Waals surface area (Å²) in [5.41, 5.74) is 1.21. The van der Waals surface area contributed by atoms with Crippen LogP contribution >= 0.6 is 0 Å². The number of hydrogen-bond donors (Lipinski definition) is 1. The summed E-state index contributed by atoms with van der Waals surface area (Å²) in [6, 6.07) is 10.1. The van der Waals surface area contributed by atoms with E-state index in [9.17, 15) is 9.00 Å². The molecule has 24 heavy (non-hydrogen) atoms. The van der Waals surface area contributed by atoms with Gasteiger partial charge in [0.1, 0.15) is 0 Å². The first kappa shape index (κ1) is 20.6. The van der Waals surface area contributed by atoms with E-state index < -0.39 is 10.8 Å². The van der Waals surface area contributed by atoms with Crippen LogP contribution in [-0.2, 0) is 22.0 Å². The largest absolute Gasteiger partial charge is 0.352 e. The molecule has 0 radical (unpaired) electrons. The van der Waals surface area contributed by atoms with Crippen LogP contribution in [0.1, 0.15) is 51.0 Å². The maximum absolute atomic E-state index is 11.9. The lowest BCUT2D eigenvalue weighted by molar-refractivity contribution is -0.116. The van der Waals surface area contributed by atoms with Gasteiger partial charge in [-0.3, -0.25) is 9.00 Å². The van der Waals surface area contributed by atoms with Crippen LogP contribution in [0.5, 0.6) is 0 Å². The lowest BCUT2D eigenvalue weighted by Gasteiger charge is -2.04. The van der Waals surface area contributed by atoms with Crippen molar-refractivity contribution in [3.63, 3.8) is 0 Å². The molecule has 0 fully saturated rings. The molecule has 0 aliphatic rings. The fourth-order valence-electron chi connectivity index (χ4n) is 2.38. The minimum atomic E-state index is -0.888. The molecule has 134 valence electrons. The average molecular weight is 350 g/mol. The molecule has 0 spiro atoms. The normalized spacial score (nSPS) is 12.4. The van der Waals surface area contributed by atoms with Crippen molar-refractivity contribution in [1.82, 2.24) is 5.32 Å². The summed E-state index contributed by atoms with van der Waals surface area (Å²) in [5.74, 6) is 1.08. The molecule has 1 aromatic carbocycles. The molecule has 0 saturated carbocycles. The lowest BCUT2D eigenvalue weighted by atomic mass is 10.1. The van der Waals surface area contributed by atoms with Crippen molar-refractivity contribution in [3.05, 3.63) is 48.0 Å². The predicted octanol–water partition coefficient (Wildman–Crippen LogP) is 4.01. The predicted molar refractivity (Wildman–Crippen MR) is 104 cm³/mol. The molecule has 1 rings (SSSR count). The third-order valence-electron chi connectivity index (χ3n) is 3.83. The van der Waals surface area contributed by atoms with Gasteiger partial charge in [-0.2, -0.15) is 0 Å². The van der Waals surface area contributed by atoms with Crippen molar-refractivity contribution in [2.45, 2.75) is 51.9 Å². The van der Waals surface area contributed by atoms with E-state index in [0.717, 1.165) is 19.3 Å². The molecule has 0 bridgehead atoms. The number of carbonyl (C=O) groups is 1. The molecule has 0 aliphatic heterocycles. The Kier molecular flexibility index (Phi) is 12.0. The van der Waals surface area contributed by atoms with Crippen LogP contribution in [0.2, 0.25) is 0 Å². The van der Waals surface area contributed by atoms with Crippen molar-refractivity contribution in [1.29, 1.82) is 0 Å². The molecule has 1 aromatic rings. The Bertz CT molecular complexity index is 500. The molecular formula is C20H31NO2S. The van der Waals surface area contributed by atoms with E-state index in [-0.39, 0.29) is 5.91 Å². The van der Waals surface area contributed by atoms with Gasteiger partial charge in [-0.15, -0.1) is 0 Å².